The van der Waals surface area contributed by atoms with Gasteiger partial charge >= 0.3 is 0 Å². The first kappa shape index (κ1) is 21.0. The van der Waals surface area contributed by atoms with Crippen molar-refractivity contribution in [2.24, 2.45) is 5.92 Å². The molecule has 0 saturated heterocycles. The number of rotatable bonds is 9. The molecule has 0 radical (unpaired) electrons. The summed E-state index contributed by atoms with van der Waals surface area (Å²) in [5.74, 6) is 1.48. The number of halogens is 1. The van der Waals surface area contributed by atoms with Crippen molar-refractivity contribution in [1.29, 1.82) is 0 Å². The lowest BCUT2D eigenvalue weighted by atomic mass is 9.95. The van der Waals surface area contributed by atoms with Gasteiger partial charge in [0.05, 0.1) is 12.0 Å². The Hall–Kier alpha value is -2.07. The molecular formula is C20H26ClNO3. The van der Waals surface area contributed by atoms with E-state index in [-0.39, 0.29) is 23.0 Å². The second-order valence-electron chi connectivity index (χ2n) is 6.33. The van der Waals surface area contributed by atoms with E-state index in [1.807, 2.05) is 24.3 Å². The maximum absolute atomic E-state index is 10.7. The van der Waals surface area contributed by atoms with Crippen LogP contribution in [0.25, 0.3) is 0 Å². The topological polar surface area (TPSA) is 52.4 Å². The Kier molecular flexibility index (Phi) is 9.00. The monoisotopic (exact) mass is 363 g/mol. The number of hydrogen-bond acceptors (Lipinski definition) is 3. The zero-order valence-corrected chi connectivity index (χ0v) is 15.6. The molecule has 1 atom stereocenters. The minimum absolute atomic E-state index is 0. The molecule has 5 heteroatoms. The first-order valence-electron chi connectivity index (χ1n) is 8.44. The van der Waals surface area contributed by atoms with E-state index < -0.39 is 0 Å². The molecule has 0 amide bonds. The van der Waals surface area contributed by atoms with Crippen molar-refractivity contribution in [1.82, 2.24) is 0 Å². The number of ether oxygens (including phenoxy) is 1. The van der Waals surface area contributed by atoms with Crippen molar-refractivity contribution in [3.63, 3.8) is 0 Å². The van der Waals surface area contributed by atoms with Gasteiger partial charge in [-0.1, -0.05) is 44.0 Å². The largest absolute Gasteiger partial charge is 0.497 e. The van der Waals surface area contributed by atoms with E-state index in [9.17, 15) is 10.1 Å². The molecule has 0 bridgehead atoms. The van der Waals surface area contributed by atoms with Gasteiger partial charge in [-0.05, 0) is 48.4 Å². The van der Waals surface area contributed by atoms with Gasteiger partial charge in [-0.15, -0.1) is 12.4 Å². The zero-order chi connectivity index (χ0) is 17.4. The Balaban J connectivity index is 0.00000312. The van der Waals surface area contributed by atoms with Crippen LogP contribution in [0.2, 0.25) is 0 Å². The average molecular weight is 364 g/mol. The summed E-state index contributed by atoms with van der Waals surface area (Å²) in [4.78, 5) is 10.3. The molecule has 25 heavy (non-hydrogen) atoms. The van der Waals surface area contributed by atoms with Crippen LogP contribution in [0, 0.1) is 16.0 Å². The Morgan fingerprint density at radius 1 is 1.00 bits per heavy atom. The first-order chi connectivity index (χ1) is 11.6. The van der Waals surface area contributed by atoms with Crippen LogP contribution in [0.15, 0.2) is 48.5 Å². The van der Waals surface area contributed by atoms with Gasteiger partial charge in [0.25, 0.3) is 5.69 Å². The summed E-state index contributed by atoms with van der Waals surface area (Å²) in [6, 6.07) is 15.2. The Bertz CT molecular complexity index is 641. The third-order valence-electron chi connectivity index (χ3n) is 4.30. The summed E-state index contributed by atoms with van der Waals surface area (Å²) in [7, 11) is 1.68. The normalized spacial score (nSPS) is 11.4. The summed E-state index contributed by atoms with van der Waals surface area (Å²) in [6.45, 7) is 2.24. The van der Waals surface area contributed by atoms with Gasteiger partial charge in [-0.2, -0.15) is 0 Å². The van der Waals surface area contributed by atoms with Gasteiger partial charge in [0, 0.05) is 12.1 Å². The maximum Gasteiger partial charge on any atom is 0.269 e. The van der Waals surface area contributed by atoms with Crippen molar-refractivity contribution in [2.45, 2.75) is 39.0 Å². The third kappa shape index (κ3) is 7.14. The second kappa shape index (κ2) is 10.7. The van der Waals surface area contributed by atoms with Crippen LogP contribution in [-0.4, -0.2) is 12.0 Å². The van der Waals surface area contributed by atoms with E-state index in [0.29, 0.717) is 5.92 Å². The van der Waals surface area contributed by atoms with E-state index in [1.165, 1.54) is 30.4 Å². The van der Waals surface area contributed by atoms with Crippen molar-refractivity contribution in [2.75, 3.05) is 7.11 Å². The van der Waals surface area contributed by atoms with Gasteiger partial charge < -0.3 is 4.74 Å². The van der Waals surface area contributed by atoms with Crippen LogP contribution >= 0.6 is 12.4 Å². The lowest BCUT2D eigenvalue weighted by Crippen LogP contribution is -2.00. The minimum atomic E-state index is -0.355. The molecular weight excluding hydrogens is 338 g/mol. The summed E-state index contributed by atoms with van der Waals surface area (Å²) < 4.78 is 5.17. The quantitative estimate of drug-likeness (QED) is 0.330. The summed E-state index contributed by atoms with van der Waals surface area (Å²) in [6.07, 6.45) is 5.61. The number of hydrogen-bond donors (Lipinski definition) is 0. The molecule has 0 fully saturated rings. The fourth-order valence-electron chi connectivity index (χ4n) is 2.87. The number of non-ortho nitro benzene ring substituents is 1. The third-order valence-corrected chi connectivity index (χ3v) is 4.30. The predicted octanol–water partition coefficient (Wildman–Crippen LogP) is 5.62. The fourth-order valence-corrected chi connectivity index (χ4v) is 2.87. The van der Waals surface area contributed by atoms with Crippen LogP contribution in [0.5, 0.6) is 5.75 Å². The van der Waals surface area contributed by atoms with Crippen LogP contribution in [0.3, 0.4) is 0 Å². The van der Waals surface area contributed by atoms with E-state index in [2.05, 4.69) is 19.1 Å². The van der Waals surface area contributed by atoms with Gasteiger partial charge in [-0.25, -0.2) is 0 Å². The van der Waals surface area contributed by atoms with Crippen LogP contribution in [0.4, 0.5) is 5.69 Å². The predicted molar refractivity (Wildman–Crippen MR) is 104 cm³/mol. The lowest BCUT2D eigenvalue weighted by molar-refractivity contribution is -0.384. The highest BCUT2D eigenvalue weighted by Crippen LogP contribution is 2.19. The lowest BCUT2D eigenvalue weighted by Gasteiger charge is -2.11. The molecule has 0 aliphatic rings. The number of nitro benzene ring substituents is 1. The Labute approximate surface area is 155 Å². The van der Waals surface area contributed by atoms with Gasteiger partial charge in [0.1, 0.15) is 5.75 Å². The van der Waals surface area contributed by atoms with Crippen LogP contribution in [-0.2, 0) is 12.8 Å². The van der Waals surface area contributed by atoms with Gasteiger partial charge in [0.2, 0.25) is 0 Å². The molecule has 0 spiro atoms. The van der Waals surface area contributed by atoms with E-state index in [1.54, 1.807) is 19.2 Å². The second-order valence-corrected chi connectivity index (χ2v) is 6.33. The molecule has 0 heterocycles. The molecule has 0 saturated carbocycles. The fraction of sp³-hybridized carbons (Fsp3) is 0.400. The molecule has 0 N–H and O–H groups in total. The number of unbranched alkanes of at least 4 members (excludes halogenated alkanes) is 1. The number of aryl methyl sites for hydroxylation is 1. The molecule has 4 nitrogen and oxygen atoms in total. The number of nitrogens with zero attached hydrogens (tertiary/aromatic N) is 1. The standard InChI is InChI=1S/C20H25NO3.ClH/c1-16(15-18-7-11-19(12-8-18)21(22)23)5-3-4-6-17-9-13-20(24-2)14-10-17;/h7-14,16H,3-6,15H2,1-2H3;1H. The summed E-state index contributed by atoms with van der Waals surface area (Å²) in [5, 5.41) is 10.7. The van der Waals surface area contributed by atoms with Crippen LogP contribution < -0.4 is 4.74 Å². The SMILES string of the molecule is COc1ccc(CCCCC(C)Cc2ccc([N+](=O)[O-])cc2)cc1.Cl. The Morgan fingerprint density at radius 3 is 2.16 bits per heavy atom. The van der Waals surface area contributed by atoms with Crippen molar-refractivity contribution >= 4 is 18.1 Å². The van der Waals surface area contributed by atoms with E-state index in [0.717, 1.165) is 18.6 Å². The first-order valence-corrected chi connectivity index (χ1v) is 8.44. The van der Waals surface area contributed by atoms with Crippen LogP contribution in [0.1, 0.15) is 37.3 Å². The zero-order valence-electron chi connectivity index (χ0n) is 14.8. The minimum Gasteiger partial charge on any atom is -0.497 e. The molecule has 1 unspecified atom stereocenters. The summed E-state index contributed by atoms with van der Waals surface area (Å²) >= 11 is 0. The van der Waals surface area contributed by atoms with Crippen molar-refractivity contribution in [3.05, 3.63) is 69.8 Å². The van der Waals surface area contributed by atoms with Crippen molar-refractivity contribution < 1.29 is 9.66 Å². The number of methoxy groups -OCH3 is 1. The molecule has 0 aliphatic heterocycles. The smallest absolute Gasteiger partial charge is 0.269 e. The Morgan fingerprint density at radius 2 is 1.60 bits per heavy atom. The molecule has 136 valence electrons. The van der Waals surface area contributed by atoms with E-state index >= 15 is 0 Å². The highest BCUT2D eigenvalue weighted by atomic mass is 35.5. The highest BCUT2D eigenvalue weighted by Gasteiger charge is 2.07. The van der Waals surface area contributed by atoms with Crippen molar-refractivity contribution in [3.8, 4) is 5.75 Å². The molecule has 0 aromatic heterocycles. The highest BCUT2D eigenvalue weighted by molar-refractivity contribution is 5.85. The molecule has 2 aromatic rings. The van der Waals surface area contributed by atoms with Gasteiger partial charge in [-0.3, -0.25) is 10.1 Å². The maximum atomic E-state index is 10.7. The molecule has 2 rings (SSSR count). The number of nitro groups is 1. The number of benzene rings is 2. The molecule has 2 aromatic carbocycles. The molecule has 0 aliphatic carbocycles. The summed E-state index contributed by atoms with van der Waals surface area (Å²) in [5.41, 5.74) is 2.67. The van der Waals surface area contributed by atoms with E-state index in [4.69, 9.17) is 4.74 Å². The van der Waals surface area contributed by atoms with Gasteiger partial charge in [0.15, 0.2) is 0 Å². The average Bonchev–Trinajstić information content (AvgIpc) is 2.59.